The minimum absolute atomic E-state index is 0.798. The van der Waals surface area contributed by atoms with E-state index in [9.17, 15) is 0 Å². The molecule has 0 spiro atoms. The molecule has 2 heteroatoms. The van der Waals surface area contributed by atoms with Gasteiger partial charge >= 0.3 is 0 Å². The second-order valence-corrected chi connectivity index (χ2v) is 7.21. The summed E-state index contributed by atoms with van der Waals surface area (Å²) in [5.41, 5.74) is 3.51. The van der Waals surface area contributed by atoms with Crippen molar-refractivity contribution in [3.05, 3.63) is 59.7 Å². The molecule has 0 unspecified atom stereocenters. The Morgan fingerprint density at radius 1 is 0.741 bits per heavy atom. The zero-order valence-electron chi connectivity index (χ0n) is 17.1. The number of hydrogen-bond donors (Lipinski definition) is 0. The number of nitrogens with zero attached hydrogens (tertiary/aromatic N) is 1. The van der Waals surface area contributed by atoms with Crippen molar-refractivity contribution >= 4 is 11.9 Å². The topological polar surface area (TPSA) is 21.6 Å². The Labute approximate surface area is 165 Å². The van der Waals surface area contributed by atoms with Crippen LogP contribution in [0.25, 0.3) is 0 Å². The van der Waals surface area contributed by atoms with Gasteiger partial charge in [-0.15, -0.1) is 0 Å². The number of ether oxygens (including phenoxy) is 1. The first-order valence-electron chi connectivity index (χ1n) is 10.7. The maximum absolute atomic E-state index is 5.75. The van der Waals surface area contributed by atoms with Gasteiger partial charge < -0.3 is 4.74 Å². The Hall–Kier alpha value is -2.09. The standard InChI is InChI=1S/C25H35NO/c1-3-5-7-8-9-11-22-12-16-24(17-13-22)26-21-23-14-18-25(19-15-23)27-20-10-6-4-2/h12-19,21H,3-11,20H2,1-2H3. The molecule has 2 rings (SSSR count). The van der Waals surface area contributed by atoms with Gasteiger partial charge in [0.15, 0.2) is 0 Å². The monoisotopic (exact) mass is 365 g/mol. The summed E-state index contributed by atoms with van der Waals surface area (Å²) in [6, 6.07) is 16.8. The molecule has 0 saturated heterocycles. The van der Waals surface area contributed by atoms with E-state index >= 15 is 0 Å². The second kappa shape index (κ2) is 13.1. The molecule has 0 N–H and O–H groups in total. The first-order valence-corrected chi connectivity index (χ1v) is 10.7. The lowest BCUT2D eigenvalue weighted by Gasteiger charge is -2.05. The first-order chi connectivity index (χ1) is 13.3. The fraction of sp³-hybridized carbons (Fsp3) is 0.480. The molecule has 27 heavy (non-hydrogen) atoms. The minimum atomic E-state index is 0.798. The van der Waals surface area contributed by atoms with E-state index in [-0.39, 0.29) is 0 Å². The first kappa shape index (κ1) is 21.2. The van der Waals surface area contributed by atoms with Crippen LogP contribution < -0.4 is 4.74 Å². The van der Waals surface area contributed by atoms with Crippen LogP contribution in [0.4, 0.5) is 5.69 Å². The lowest BCUT2D eigenvalue weighted by molar-refractivity contribution is 0.306. The molecule has 0 aromatic heterocycles. The van der Waals surface area contributed by atoms with Crippen LogP contribution in [0.1, 0.15) is 76.3 Å². The van der Waals surface area contributed by atoms with E-state index in [1.165, 1.54) is 56.9 Å². The molecule has 0 amide bonds. The molecular formula is C25H35NO. The van der Waals surface area contributed by atoms with E-state index in [0.717, 1.165) is 30.0 Å². The van der Waals surface area contributed by atoms with Crippen molar-refractivity contribution in [1.29, 1.82) is 0 Å². The average molecular weight is 366 g/mol. The largest absolute Gasteiger partial charge is 0.494 e. The number of benzene rings is 2. The summed E-state index contributed by atoms with van der Waals surface area (Å²) in [5.74, 6) is 0.937. The third-order valence-corrected chi connectivity index (χ3v) is 4.76. The molecule has 0 aliphatic carbocycles. The Morgan fingerprint density at radius 2 is 1.41 bits per heavy atom. The SMILES string of the molecule is CCCCCCCc1ccc(N=Cc2ccc(OCCCCC)cc2)cc1. The van der Waals surface area contributed by atoms with Crippen molar-refractivity contribution in [2.75, 3.05) is 6.61 Å². The number of aryl methyl sites for hydroxylation is 1. The van der Waals surface area contributed by atoms with Crippen molar-refractivity contribution in [1.82, 2.24) is 0 Å². The van der Waals surface area contributed by atoms with Gasteiger partial charge in [0.2, 0.25) is 0 Å². The van der Waals surface area contributed by atoms with Crippen LogP contribution in [-0.4, -0.2) is 12.8 Å². The molecular weight excluding hydrogens is 330 g/mol. The smallest absolute Gasteiger partial charge is 0.119 e. The van der Waals surface area contributed by atoms with Crippen molar-refractivity contribution < 1.29 is 4.74 Å². The second-order valence-electron chi connectivity index (χ2n) is 7.21. The third kappa shape index (κ3) is 8.90. The van der Waals surface area contributed by atoms with Gasteiger partial charge in [0, 0.05) is 6.21 Å². The van der Waals surface area contributed by atoms with Crippen LogP contribution >= 0.6 is 0 Å². The number of rotatable bonds is 13. The van der Waals surface area contributed by atoms with Crippen LogP contribution in [0.5, 0.6) is 5.75 Å². The molecule has 0 heterocycles. The van der Waals surface area contributed by atoms with Crippen LogP contribution in [0, 0.1) is 0 Å². The maximum atomic E-state index is 5.75. The lowest BCUT2D eigenvalue weighted by Crippen LogP contribution is -1.96. The zero-order valence-corrected chi connectivity index (χ0v) is 17.1. The summed E-state index contributed by atoms with van der Waals surface area (Å²) in [6.07, 6.45) is 13.3. The highest BCUT2D eigenvalue weighted by molar-refractivity contribution is 5.82. The van der Waals surface area contributed by atoms with E-state index in [0.29, 0.717) is 0 Å². The van der Waals surface area contributed by atoms with Gasteiger partial charge in [-0.2, -0.15) is 0 Å². The van der Waals surface area contributed by atoms with Gasteiger partial charge in [-0.05, 0) is 66.8 Å². The zero-order chi connectivity index (χ0) is 19.2. The maximum Gasteiger partial charge on any atom is 0.119 e. The molecule has 2 aromatic rings. The summed E-state index contributed by atoms with van der Waals surface area (Å²) < 4.78 is 5.75. The van der Waals surface area contributed by atoms with E-state index in [2.05, 4.69) is 55.2 Å². The fourth-order valence-corrected chi connectivity index (χ4v) is 3.02. The highest BCUT2D eigenvalue weighted by Crippen LogP contribution is 2.17. The molecule has 0 atom stereocenters. The van der Waals surface area contributed by atoms with Crippen LogP contribution in [0.15, 0.2) is 53.5 Å². The summed E-state index contributed by atoms with van der Waals surface area (Å²) in [7, 11) is 0. The van der Waals surface area contributed by atoms with E-state index in [1.54, 1.807) is 0 Å². The molecule has 0 radical (unpaired) electrons. The van der Waals surface area contributed by atoms with Gasteiger partial charge in [0.1, 0.15) is 5.75 Å². The average Bonchev–Trinajstić information content (AvgIpc) is 2.71. The Morgan fingerprint density at radius 3 is 2.11 bits per heavy atom. The number of hydrogen-bond acceptors (Lipinski definition) is 2. The molecule has 0 fully saturated rings. The van der Waals surface area contributed by atoms with Crippen LogP contribution in [0.2, 0.25) is 0 Å². The van der Waals surface area contributed by atoms with Crippen molar-refractivity contribution in [3.8, 4) is 5.75 Å². The molecule has 0 aliphatic heterocycles. The van der Waals surface area contributed by atoms with Gasteiger partial charge in [0.25, 0.3) is 0 Å². The quantitative estimate of drug-likeness (QED) is 0.266. The highest BCUT2D eigenvalue weighted by Gasteiger charge is 1.96. The Kier molecular flexibility index (Phi) is 10.3. The van der Waals surface area contributed by atoms with E-state index in [4.69, 9.17) is 4.74 Å². The van der Waals surface area contributed by atoms with Gasteiger partial charge in [-0.25, -0.2) is 0 Å². The molecule has 0 bridgehead atoms. The van der Waals surface area contributed by atoms with Gasteiger partial charge in [0.05, 0.1) is 12.3 Å². The van der Waals surface area contributed by atoms with E-state index < -0.39 is 0 Å². The molecule has 0 saturated carbocycles. The number of unbranched alkanes of at least 4 members (excludes halogenated alkanes) is 6. The van der Waals surface area contributed by atoms with Crippen molar-refractivity contribution in [2.24, 2.45) is 4.99 Å². The van der Waals surface area contributed by atoms with E-state index in [1.807, 2.05) is 18.3 Å². The van der Waals surface area contributed by atoms with Crippen LogP contribution in [0.3, 0.4) is 0 Å². The van der Waals surface area contributed by atoms with Gasteiger partial charge in [-0.1, -0.05) is 64.5 Å². The molecule has 0 aliphatic rings. The summed E-state index contributed by atoms with van der Waals surface area (Å²) in [6.45, 7) is 5.26. The predicted octanol–water partition coefficient (Wildman–Crippen LogP) is 7.52. The Balaban J connectivity index is 1.76. The van der Waals surface area contributed by atoms with Crippen LogP contribution in [-0.2, 0) is 6.42 Å². The fourth-order valence-electron chi connectivity index (χ4n) is 3.02. The van der Waals surface area contributed by atoms with Crippen molar-refractivity contribution in [2.45, 2.75) is 71.6 Å². The Bertz CT molecular complexity index is 643. The predicted molar refractivity (Wildman–Crippen MR) is 118 cm³/mol. The van der Waals surface area contributed by atoms with Gasteiger partial charge in [-0.3, -0.25) is 4.99 Å². The summed E-state index contributed by atoms with van der Waals surface area (Å²) in [4.78, 5) is 4.59. The third-order valence-electron chi connectivity index (χ3n) is 4.76. The summed E-state index contributed by atoms with van der Waals surface area (Å²) in [5, 5.41) is 0. The lowest BCUT2D eigenvalue weighted by atomic mass is 10.1. The molecule has 146 valence electrons. The van der Waals surface area contributed by atoms with Crippen molar-refractivity contribution in [3.63, 3.8) is 0 Å². The molecule has 2 aromatic carbocycles. The highest BCUT2D eigenvalue weighted by atomic mass is 16.5. The number of aliphatic imine (C=N–C) groups is 1. The summed E-state index contributed by atoms with van der Waals surface area (Å²) >= 11 is 0. The normalized spacial score (nSPS) is 11.2. The minimum Gasteiger partial charge on any atom is -0.494 e. The molecule has 2 nitrogen and oxygen atoms in total.